The SMILES string of the molecule is Cc1cc(OC2CN(C(=O)c3ccc(Cn4ccnc4)cc3)C2)cc(=O)n1C. The number of hydrogen-bond donors (Lipinski definition) is 0. The van der Waals surface area contributed by atoms with E-state index in [1.54, 1.807) is 29.0 Å². The standard InChI is InChI=1S/C21H22N4O3/c1-15-9-18(10-20(26)23(15)2)28-19-12-25(13-19)21(27)17-5-3-16(4-6-17)11-24-8-7-22-14-24/h3-10,14,19H,11-13H2,1-2H3. The Morgan fingerprint density at radius 1 is 1.21 bits per heavy atom. The molecule has 0 aliphatic carbocycles. The molecule has 1 fully saturated rings. The Morgan fingerprint density at radius 2 is 1.96 bits per heavy atom. The van der Waals surface area contributed by atoms with Gasteiger partial charge in [0.1, 0.15) is 11.9 Å². The molecule has 1 aromatic carbocycles. The van der Waals surface area contributed by atoms with Crippen molar-refractivity contribution < 1.29 is 9.53 Å². The van der Waals surface area contributed by atoms with E-state index in [0.717, 1.165) is 17.8 Å². The molecule has 0 atom stereocenters. The number of aromatic nitrogens is 3. The highest BCUT2D eigenvalue weighted by Crippen LogP contribution is 2.20. The average Bonchev–Trinajstić information content (AvgIpc) is 3.15. The van der Waals surface area contributed by atoms with Gasteiger partial charge in [0.05, 0.1) is 19.4 Å². The molecule has 3 aromatic rings. The summed E-state index contributed by atoms with van der Waals surface area (Å²) in [6.07, 6.45) is 5.33. The Hall–Kier alpha value is -3.35. The third kappa shape index (κ3) is 3.69. The van der Waals surface area contributed by atoms with Crippen molar-refractivity contribution in [2.24, 2.45) is 7.05 Å². The zero-order valence-corrected chi connectivity index (χ0v) is 15.9. The number of pyridine rings is 1. The van der Waals surface area contributed by atoms with Crippen LogP contribution in [0.4, 0.5) is 0 Å². The molecule has 2 aromatic heterocycles. The summed E-state index contributed by atoms with van der Waals surface area (Å²) in [4.78, 5) is 30.2. The van der Waals surface area contributed by atoms with E-state index in [1.807, 2.05) is 48.0 Å². The molecule has 0 N–H and O–H groups in total. The van der Waals surface area contributed by atoms with Gasteiger partial charge >= 0.3 is 0 Å². The van der Waals surface area contributed by atoms with Gasteiger partial charge in [-0.05, 0) is 30.7 Å². The van der Waals surface area contributed by atoms with Crippen molar-refractivity contribution in [3.8, 4) is 5.75 Å². The second-order valence-corrected chi connectivity index (χ2v) is 7.11. The molecule has 0 saturated carbocycles. The summed E-state index contributed by atoms with van der Waals surface area (Å²) in [6.45, 7) is 3.62. The van der Waals surface area contributed by atoms with Gasteiger partial charge in [0, 0.05) is 43.3 Å². The zero-order chi connectivity index (χ0) is 19.7. The first-order valence-electron chi connectivity index (χ1n) is 9.18. The van der Waals surface area contributed by atoms with E-state index < -0.39 is 0 Å². The Kier molecular flexibility index (Phi) is 4.73. The van der Waals surface area contributed by atoms with Gasteiger partial charge in [-0.1, -0.05) is 12.1 Å². The maximum Gasteiger partial charge on any atom is 0.254 e. The second kappa shape index (κ2) is 7.34. The van der Waals surface area contributed by atoms with Crippen molar-refractivity contribution >= 4 is 5.91 Å². The first-order chi connectivity index (χ1) is 13.5. The molecule has 7 nitrogen and oxygen atoms in total. The van der Waals surface area contributed by atoms with Crippen LogP contribution in [0.2, 0.25) is 0 Å². The predicted octanol–water partition coefficient (Wildman–Crippen LogP) is 1.84. The van der Waals surface area contributed by atoms with Gasteiger partial charge < -0.3 is 18.8 Å². The predicted molar refractivity (Wildman–Crippen MR) is 105 cm³/mol. The molecule has 0 bridgehead atoms. The maximum absolute atomic E-state index is 12.6. The van der Waals surface area contributed by atoms with Crippen LogP contribution in [-0.2, 0) is 13.6 Å². The summed E-state index contributed by atoms with van der Waals surface area (Å²) in [5.41, 5.74) is 2.52. The topological polar surface area (TPSA) is 69.4 Å². The van der Waals surface area contributed by atoms with E-state index >= 15 is 0 Å². The van der Waals surface area contributed by atoms with Crippen LogP contribution in [0.3, 0.4) is 0 Å². The van der Waals surface area contributed by atoms with Gasteiger partial charge in [-0.3, -0.25) is 9.59 Å². The first-order valence-corrected chi connectivity index (χ1v) is 9.18. The van der Waals surface area contributed by atoms with E-state index in [1.165, 1.54) is 6.07 Å². The van der Waals surface area contributed by atoms with E-state index in [2.05, 4.69) is 4.98 Å². The highest BCUT2D eigenvalue weighted by atomic mass is 16.5. The van der Waals surface area contributed by atoms with E-state index in [0.29, 0.717) is 24.4 Å². The Balaban J connectivity index is 1.33. The van der Waals surface area contributed by atoms with Crippen molar-refractivity contribution in [3.63, 3.8) is 0 Å². The number of ether oxygens (including phenoxy) is 1. The third-order valence-corrected chi connectivity index (χ3v) is 5.04. The fourth-order valence-electron chi connectivity index (χ4n) is 3.20. The number of amides is 1. The Labute approximate surface area is 162 Å². The Bertz CT molecular complexity index is 1030. The summed E-state index contributed by atoms with van der Waals surface area (Å²) in [7, 11) is 1.73. The van der Waals surface area contributed by atoms with Crippen molar-refractivity contribution in [2.75, 3.05) is 13.1 Å². The van der Waals surface area contributed by atoms with Crippen LogP contribution < -0.4 is 10.3 Å². The van der Waals surface area contributed by atoms with Crippen LogP contribution in [-0.4, -0.2) is 44.1 Å². The maximum atomic E-state index is 12.6. The number of aryl methyl sites for hydroxylation is 1. The minimum atomic E-state index is -0.0990. The molecule has 28 heavy (non-hydrogen) atoms. The summed E-state index contributed by atoms with van der Waals surface area (Å²) in [5, 5.41) is 0. The molecule has 1 aliphatic rings. The molecule has 7 heteroatoms. The van der Waals surface area contributed by atoms with Gasteiger partial charge in [0.25, 0.3) is 11.5 Å². The van der Waals surface area contributed by atoms with E-state index in [4.69, 9.17) is 4.74 Å². The lowest BCUT2D eigenvalue weighted by atomic mass is 10.1. The van der Waals surface area contributed by atoms with Gasteiger partial charge in [-0.15, -0.1) is 0 Å². The zero-order valence-electron chi connectivity index (χ0n) is 15.9. The molecule has 0 spiro atoms. The van der Waals surface area contributed by atoms with Gasteiger partial charge in [0.2, 0.25) is 0 Å². The van der Waals surface area contributed by atoms with Crippen molar-refractivity contribution in [3.05, 3.63) is 82.3 Å². The number of carbonyl (C=O) groups is 1. The smallest absolute Gasteiger partial charge is 0.254 e. The van der Waals surface area contributed by atoms with Gasteiger partial charge in [-0.25, -0.2) is 4.98 Å². The Morgan fingerprint density at radius 3 is 2.61 bits per heavy atom. The van der Waals surface area contributed by atoms with Gasteiger partial charge in [0.15, 0.2) is 0 Å². The van der Waals surface area contributed by atoms with Gasteiger partial charge in [-0.2, -0.15) is 0 Å². The number of imidazole rings is 1. The number of hydrogen-bond acceptors (Lipinski definition) is 4. The number of nitrogens with zero attached hydrogens (tertiary/aromatic N) is 4. The quantitative estimate of drug-likeness (QED) is 0.679. The number of rotatable bonds is 5. The normalized spacial score (nSPS) is 14.0. The summed E-state index contributed by atoms with van der Waals surface area (Å²) < 4.78 is 9.39. The molecular formula is C21H22N4O3. The lowest BCUT2D eigenvalue weighted by Crippen LogP contribution is -2.56. The molecular weight excluding hydrogens is 356 g/mol. The van der Waals surface area contributed by atoms with Crippen LogP contribution in [0.25, 0.3) is 0 Å². The number of likely N-dealkylation sites (tertiary alicyclic amines) is 1. The molecule has 0 radical (unpaired) electrons. The number of benzene rings is 1. The lowest BCUT2D eigenvalue weighted by Gasteiger charge is -2.39. The first kappa shape index (κ1) is 18.0. The van der Waals surface area contributed by atoms with Crippen LogP contribution in [0.1, 0.15) is 21.6 Å². The van der Waals surface area contributed by atoms with Crippen LogP contribution >= 0.6 is 0 Å². The fraction of sp³-hybridized carbons (Fsp3) is 0.286. The highest BCUT2D eigenvalue weighted by molar-refractivity contribution is 5.94. The van der Waals surface area contributed by atoms with Crippen LogP contribution in [0.15, 0.2) is 59.9 Å². The molecule has 1 aliphatic heterocycles. The monoisotopic (exact) mass is 378 g/mol. The molecule has 144 valence electrons. The van der Waals surface area contributed by atoms with Crippen LogP contribution in [0.5, 0.6) is 5.75 Å². The van der Waals surface area contributed by atoms with E-state index in [-0.39, 0.29) is 17.6 Å². The molecule has 1 saturated heterocycles. The summed E-state index contributed by atoms with van der Waals surface area (Å²) >= 11 is 0. The summed E-state index contributed by atoms with van der Waals surface area (Å²) in [6, 6.07) is 11.0. The van der Waals surface area contributed by atoms with Crippen molar-refractivity contribution in [2.45, 2.75) is 19.6 Å². The second-order valence-electron chi connectivity index (χ2n) is 7.11. The fourth-order valence-corrected chi connectivity index (χ4v) is 3.20. The van der Waals surface area contributed by atoms with Crippen molar-refractivity contribution in [1.82, 2.24) is 19.0 Å². The van der Waals surface area contributed by atoms with E-state index in [9.17, 15) is 9.59 Å². The largest absolute Gasteiger partial charge is 0.486 e. The average molecular weight is 378 g/mol. The minimum absolute atomic E-state index is 0.00538. The van der Waals surface area contributed by atoms with Crippen molar-refractivity contribution in [1.29, 1.82) is 0 Å². The van der Waals surface area contributed by atoms with Crippen LogP contribution in [0, 0.1) is 6.92 Å². The number of carbonyl (C=O) groups excluding carboxylic acids is 1. The lowest BCUT2D eigenvalue weighted by molar-refractivity contribution is 0.0176. The molecule has 1 amide bonds. The molecule has 4 rings (SSSR count). The molecule has 0 unspecified atom stereocenters. The highest BCUT2D eigenvalue weighted by Gasteiger charge is 2.32. The third-order valence-electron chi connectivity index (χ3n) is 5.04. The minimum Gasteiger partial charge on any atom is -0.486 e. The summed E-state index contributed by atoms with van der Waals surface area (Å²) in [5.74, 6) is 0.552. The molecule has 3 heterocycles.